The van der Waals surface area contributed by atoms with Gasteiger partial charge in [-0.25, -0.2) is 9.97 Å². The molecule has 0 radical (unpaired) electrons. The van der Waals surface area contributed by atoms with Crippen LogP contribution in [0.25, 0.3) is 0 Å². The molecule has 0 aliphatic carbocycles. The summed E-state index contributed by atoms with van der Waals surface area (Å²) in [6.07, 6.45) is 1.98. The lowest BCUT2D eigenvalue weighted by Crippen LogP contribution is -2.32. The molecule has 0 aromatic carbocycles. The molecule has 0 fully saturated rings. The van der Waals surface area contributed by atoms with Gasteiger partial charge in [0, 0.05) is 25.0 Å². The van der Waals surface area contributed by atoms with E-state index in [0.29, 0.717) is 12.0 Å². The predicted octanol–water partition coefficient (Wildman–Crippen LogP) is 2.94. The maximum absolute atomic E-state index is 4.75. The average Bonchev–Trinajstić information content (AvgIpc) is 2.37. The van der Waals surface area contributed by atoms with Gasteiger partial charge >= 0.3 is 0 Å². The first kappa shape index (κ1) is 15.9. The highest BCUT2D eigenvalue weighted by molar-refractivity contribution is 5.49. The molecule has 1 heterocycles. The topological polar surface area (TPSA) is 41.1 Å². The van der Waals surface area contributed by atoms with Crippen molar-refractivity contribution in [2.24, 2.45) is 0 Å². The van der Waals surface area contributed by atoms with E-state index < -0.39 is 0 Å². The molecule has 1 N–H and O–H groups in total. The van der Waals surface area contributed by atoms with Crippen molar-refractivity contribution in [2.45, 2.75) is 60.0 Å². The van der Waals surface area contributed by atoms with E-state index in [1.165, 1.54) is 0 Å². The lowest BCUT2D eigenvalue weighted by Gasteiger charge is -2.29. The Bertz CT molecular complexity index is 388. The number of anilines is 1. The van der Waals surface area contributed by atoms with E-state index in [-0.39, 0.29) is 0 Å². The second-order valence-corrected chi connectivity index (χ2v) is 5.37. The Morgan fingerprint density at radius 1 is 1.21 bits per heavy atom. The highest BCUT2D eigenvalue weighted by atomic mass is 15.2. The van der Waals surface area contributed by atoms with Crippen molar-refractivity contribution in [3.8, 4) is 0 Å². The van der Waals surface area contributed by atoms with Crippen LogP contribution in [0.4, 0.5) is 5.69 Å². The summed E-state index contributed by atoms with van der Waals surface area (Å²) in [7, 11) is 0. The predicted molar refractivity (Wildman–Crippen MR) is 81.7 cm³/mol. The Balaban J connectivity index is 3.13. The van der Waals surface area contributed by atoms with Crippen LogP contribution >= 0.6 is 0 Å². The van der Waals surface area contributed by atoms with Crippen LogP contribution in [0.2, 0.25) is 0 Å². The summed E-state index contributed by atoms with van der Waals surface area (Å²) in [4.78, 5) is 11.6. The van der Waals surface area contributed by atoms with Crippen molar-refractivity contribution >= 4 is 5.69 Å². The Labute approximate surface area is 117 Å². The zero-order chi connectivity index (χ0) is 14.4. The van der Waals surface area contributed by atoms with E-state index >= 15 is 0 Å². The number of rotatable bonds is 7. The van der Waals surface area contributed by atoms with Gasteiger partial charge in [-0.15, -0.1) is 0 Å². The third-order valence-electron chi connectivity index (χ3n) is 3.20. The highest BCUT2D eigenvalue weighted by Crippen LogP contribution is 2.22. The minimum absolute atomic E-state index is 0.364. The summed E-state index contributed by atoms with van der Waals surface area (Å²) in [6.45, 7) is 15.7. The second-order valence-electron chi connectivity index (χ2n) is 5.37. The van der Waals surface area contributed by atoms with Gasteiger partial charge in [0.15, 0.2) is 0 Å². The lowest BCUT2D eigenvalue weighted by molar-refractivity contribution is 0.656. The van der Waals surface area contributed by atoms with Gasteiger partial charge in [-0.2, -0.15) is 0 Å². The molecule has 4 heteroatoms. The summed E-state index contributed by atoms with van der Waals surface area (Å²) in [5, 5.41) is 3.37. The number of hydrogen-bond acceptors (Lipinski definition) is 4. The van der Waals surface area contributed by atoms with E-state index in [9.17, 15) is 0 Å². The lowest BCUT2D eigenvalue weighted by atomic mass is 10.2. The number of aromatic nitrogens is 2. The van der Waals surface area contributed by atoms with Crippen molar-refractivity contribution in [1.29, 1.82) is 0 Å². The molecule has 0 aliphatic rings. The van der Waals surface area contributed by atoms with Crippen LogP contribution in [0.1, 0.15) is 59.0 Å². The molecular weight excluding hydrogens is 236 g/mol. The molecule has 0 bridgehead atoms. The van der Waals surface area contributed by atoms with Crippen molar-refractivity contribution in [3.63, 3.8) is 0 Å². The van der Waals surface area contributed by atoms with Crippen molar-refractivity contribution in [1.82, 2.24) is 15.3 Å². The van der Waals surface area contributed by atoms with Gasteiger partial charge in [-0.1, -0.05) is 20.8 Å². The molecule has 0 saturated carbocycles. The molecule has 108 valence electrons. The molecule has 0 saturated heterocycles. The van der Waals surface area contributed by atoms with Crippen molar-refractivity contribution in [2.75, 3.05) is 18.0 Å². The third kappa shape index (κ3) is 4.16. The fourth-order valence-electron chi connectivity index (χ4n) is 2.13. The Hall–Kier alpha value is -1.16. The third-order valence-corrected chi connectivity index (χ3v) is 3.20. The maximum Gasteiger partial charge on any atom is 0.131 e. The number of nitrogens with one attached hydrogen (secondary N) is 1. The van der Waals surface area contributed by atoms with Gasteiger partial charge in [0.05, 0.1) is 17.6 Å². The standard InChI is InChI=1S/C15H28N4/c1-7-16-9-13-14(19(8-2)12(5)6)10-17-15(18-13)11(3)4/h10-12,16H,7-9H2,1-6H3. The van der Waals surface area contributed by atoms with Crippen molar-refractivity contribution in [3.05, 3.63) is 17.7 Å². The fraction of sp³-hybridized carbons (Fsp3) is 0.733. The molecule has 0 unspecified atom stereocenters. The SMILES string of the molecule is CCNCc1nc(C(C)C)ncc1N(CC)C(C)C. The van der Waals surface area contributed by atoms with E-state index in [4.69, 9.17) is 4.98 Å². The van der Waals surface area contributed by atoms with Gasteiger partial charge in [0.1, 0.15) is 5.82 Å². The zero-order valence-corrected chi connectivity index (χ0v) is 13.2. The molecule has 1 aromatic heterocycles. The largest absolute Gasteiger partial charge is 0.367 e. The maximum atomic E-state index is 4.75. The minimum Gasteiger partial charge on any atom is -0.367 e. The molecular formula is C15H28N4. The monoisotopic (exact) mass is 264 g/mol. The quantitative estimate of drug-likeness (QED) is 0.822. The van der Waals surface area contributed by atoms with Crippen LogP contribution in [0.5, 0.6) is 0 Å². The smallest absolute Gasteiger partial charge is 0.131 e. The minimum atomic E-state index is 0.364. The van der Waals surface area contributed by atoms with Crippen LogP contribution in [-0.4, -0.2) is 29.1 Å². The van der Waals surface area contributed by atoms with Crippen LogP contribution < -0.4 is 10.2 Å². The summed E-state index contributed by atoms with van der Waals surface area (Å²) in [5.41, 5.74) is 2.26. The normalized spacial score (nSPS) is 11.4. The highest BCUT2D eigenvalue weighted by Gasteiger charge is 2.16. The second kappa shape index (κ2) is 7.43. The van der Waals surface area contributed by atoms with E-state index in [1.54, 1.807) is 0 Å². The first-order chi connectivity index (χ1) is 9.01. The van der Waals surface area contributed by atoms with E-state index in [0.717, 1.165) is 36.8 Å². The number of nitrogens with zero attached hydrogens (tertiary/aromatic N) is 3. The first-order valence-electron chi connectivity index (χ1n) is 7.34. The molecule has 19 heavy (non-hydrogen) atoms. The van der Waals surface area contributed by atoms with E-state index in [2.05, 4.69) is 56.7 Å². The average molecular weight is 264 g/mol. The molecule has 4 nitrogen and oxygen atoms in total. The van der Waals surface area contributed by atoms with Crippen LogP contribution in [0.15, 0.2) is 6.20 Å². The fourth-order valence-corrected chi connectivity index (χ4v) is 2.13. The van der Waals surface area contributed by atoms with Gasteiger partial charge in [-0.3, -0.25) is 0 Å². The summed E-state index contributed by atoms with van der Waals surface area (Å²) < 4.78 is 0. The van der Waals surface area contributed by atoms with Gasteiger partial charge in [0.2, 0.25) is 0 Å². The number of hydrogen-bond donors (Lipinski definition) is 1. The summed E-state index contributed by atoms with van der Waals surface area (Å²) >= 11 is 0. The first-order valence-corrected chi connectivity index (χ1v) is 7.34. The van der Waals surface area contributed by atoms with Crippen LogP contribution in [-0.2, 0) is 6.54 Å². The Morgan fingerprint density at radius 2 is 1.89 bits per heavy atom. The summed E-state index contributed by atoms with van der Waals surface area (Å²) in [6, 6.07) is 0.457. The van der Waals surface area contributed by atoms with E-state index in [1.807, 2.05) is 6.20 Å². The summed E-state index contributed by atoms with van der Waals surface area (Å²) in [5.74, 6) is 1.29. The molecule has 0 amide bonds. The van der Waals surface area contributed by atoms with Crippen LogP contribution in [0, 0.1) is 0 Å². The van der Waals surface area contributed by atoms with Gasteiger partial charge < -0.3 is 10.2 Å². The van der Waals surface area contributed by atoms with Gasteiger partial charge in [-0.05, 0) is 27.3 Å². The van der Waals surface area contributed by atoms with Gasteiger partial charge in [0.25, 0.3) is 0 Å². The Morgan fingerprint density at radius 3 is 2.37 bits per heavy atom. The van der Waals surface area contributed by atoms with Crippen LogP contribution in [0.3, 0.4) is 0 Å². The molecule has 0 spiro atoms. The Kier molecular flexibility index (Phi) is 6.22. The van der Waals surface area contributed by atoms with Crippen molar-refractivity contribution < 1.29 is 0 Å². The molecule has 0 aliphatic heterocycles. The molecule has 1 aromatic rings. The molecule has 0 atom stereocenters. The molecule has 1 rings (SSSR count). The zero-order valence-electron chi connectivity index (χ0n) is 13.2.